The fourth-order valence-corrected chi connectivity index (χ4v) is 3.51. The minimum Gasteiger partial charge on any atom is -0.342 e. The van der Waals surface area contributed by atoms with Crippen LogP contribution in [0.2, 0.25) is 0 Å². The Morgan fingerprint density at radius 3 is 3.00 bits per heavy atom. The van der Waals surface area contributed by atoms with Crippen LogP contribution < -0.4 is 10.6 Å². The third-order valence-electron chi connectivity index (χ3n) is 4.42. The number of hydrogen-bond donors (Lipinski definition) is 2. The molecule has 1 aliphatic rings. The number of nitrogens with zero attached hydrogens (tertiary/aromatic N) is 7. The molecule has 3 aromatic heterocycles. The second-order valence-corrected chi connectivity index (χ2v) is 7.10. The van der Waals surface area contributed by atoms with Gasteiger partial charge in [-0.3, -0.25) is 14.4 Å². The highest BCUT2D eigenvalue weighted by Gasteiger charge is 2.18. The smallest absolute Gasteiger partial charge is 0.273 e. The zero-order valence-electron chi connectivity index (χ0n) is 14.5. The van der Waals surface area contributed by atoms with Crippen molar-refractivity contribution in [1.29, 1.82) is 0 Å². The number of nitrogens with one attached hydrogen (secondary N) is 2. The summed E-state index contributed by atoms with van der Waals surface area (Å²) in [5.41, 5.74) is 2.81. The van der Waals surface area contributed by atoms with Gasteiger partial charge < -0.3 is 10.6 Å². The van der Waals surface area contributed by atoms with Crippen molar-refractivity contribution in [3.63, 3.8) is 0 Å². The van der Waals surface area contributed by atoms with Gasteiger partial charge in [0.05, 0.1) is 30.7 Å². The third-order valence-corrected chi connectivity index (χ3v) is 5.11. The molecule has 1 fully saturated rings. The summed E-state index contributed by atoms with van der Waals surface area (Å²) < 4.78 is 3.42. The van der Waals surface area contributed by atoms with Crippen molar-refractivity contribution in [3.8, 4) is 0 Å². The van der Waals surface area contributed by atoms with Crippen LogP contribution in [-0.2, 0) is 6.54 Å². The molecule has 1 aliphatic heterocycles. The highest BCUT2D eigenvalue weighted by atomic mass is 32.1. The van der Waals surface area contributed by atoms with Gasteiger partial charge in [0, 0.05) is 32.7 Å². The molecular formula is C15H21N9OS. The lowest BCUT2D eigenvalue weighted by Gasteiger charge is -2.26. The molecule has 0 spiro atoms. The Hall–Kier alpha value is -2.37. The molecular weight excluding hydrogens is 354 g/mol. The van der Waals surface area contributed by atoms with Gasteiger partial charge >= 0.3 is 0 Å². The van der Waals surface area contributed by atoms with Gasteiger partial charge in [-0.05, 0) is 6.92 Å². The second-order valence-electron chi connectivity index (χ2n) is 6.29. The fraction of sp³-hybridized carbons (Fsp3) is 0.533. The van der Waals surface area contributed by atoms with Crippen molar-refractivity contribution in [2.24, 2.45) is 0 Å². The predicted octanol–water partition coefficient (Wildman–Crippen LogP) is -0.221. The maximum Gasteiger partial charge on any atom is 0.273 e. The molecule has 0 radical (unpaired) electrons. The molecule has 3 aromatic rings. The van der Waals surface area contributed by atoms with Crippen LogP contribution in [0.25, 0.3) is 4.96 Å². The molecule has 0 bridgehead atoms. The summed E-state index contributed by atoms with van der Waals surface area (Å²) in [5.74, 6) is -0.254. The largest absolute Gasteiger partial charge is 0.342 e. The van der Waals surface area contributed by atoms with Crippen LogP contribution in [-0.4, -0.2) is 73.1 Å². The monoisotopic (exact) mass is 375 g/mol. The summed E-state index contributed by atoms with van der Waals surface area (Å²) in [4.78, 5) is 20.0. The maximum absolute atomic E-state index is 12.4. The highest BCUT2D eigenvalue weighted by Crippen LogP contribution is 2.15. The zero-order valence-corrected chi connectivity index (χ0v) is 15.3. The van der Waals surface area contributed by atoms with Crippen molar-refractivity contribution >= 4 is 22.2 Å². The van der Waals surface area contributed by atoms with Crippen LogP contribution in [0.1, 0.15) is 29.1 Å². The summed E-state index contributed by atoms with van der Waals surface area (Å²) in [6, 6.07) is -0.234. The topological polar surface area (TPSA) is 105 Å². The Balaban J connectivity index is 1.32. The van der Waals surface area contributed by atoms with Crippen LogP contribution >= 0.6 is 11.3 Å². The van der Waals surface area contributed by atoms with E-state index < -0.39 is 0 Å². The van der Waals surface area contributed by atoms with Crippen LogP contribution in [0.3, 0.4) is 0 Å². The van der Waals surface area contributed by atoms with Crippen LogP contribution in [0.5, 0.6) is 0 Å². The van der Waals surface area contributed by atoms with E-state index in [9.17, 15) is 4.79 Å². The SMILES string of the molecule is CC(NC(=O)c1cn(CCN2CCNCC2)nn1)c1cn2ncsc2n1. The number of rotatable bonds is 6. The lowest BCUT2D eigenvalue weighted by Crippen LogP contribution is -2.44. The number of carbonyl (C=O) groups is 1. The van der Waals surface area contributed by atoms with E-state index in [-0.39, 0.29) is 11.9 Å². The summed E-state index contributed by atoms with van der Waals surface area (Å²) in [7, 11) is 0. The van der Waals surface area contributed by atoms with E-state index in [0.29, 0.717) is 5.69 Å². The van der Waals surface area contributed by atoms with E-state index in [1.165, 1.54) is 11.3 Å². The highest BCUT2D eigenvalue weighted by molar-refractivity contribution is 7.14. The molecule has 11 heteroatoms. The predicted molar refractivity (Wildman–Crippen MR) is 96.1 cm³/mol. The van der Waals surface area contributed by atoms with E-state index in [1.807, 2.05) is 13.1 Å². The van der Waals surface area contributed by atoms with Crippen molar-refractivity contribution in [2.45, 2.75) is 19.5 Å². The standard InChI is InChI=1S/C15H21N9OS/c1-11(12-9-24-15(19-12)26-10-17-24)18-14(25)13-8-23(21-20-13)7-6-22-4-2-16-3-5-22/h8-11,16H,2-7H2,1H3,(H,18,25). The molecule has 1 unspecified atom stereocenters. The summed E-state index contributed by atoms with van der Waals surface area (Å²) in [5, 5.41) is 18.4. The Kier molecular flexibility index (Phi) is 4.91. The maximum atomic E-state index is 12.4. The number of amides is 1. The second kappa shape index (κ2) is 7.48. The first-order chi connectivity index (χ1) is 12.7. The number of hydrogen-bond acceptors (Lipinski definition) is 8. The summed E-state index contributed by atoms with van der Waals surface area (Å²) in [6.45, 7) is 7.63. The molecule has 0 saturated carbocycles. The quantitative estimate of drug-likeness (QED) is 0.613. The van der Waals surface area contributed by atoms with Crippen molar-refractivity contribution < 1.29 is 4.79 Å². The third kappa shape index (κ3) is 3.74. The number of carbonyl (C=O) groups excluding carboxylic acids is 1. The Labute approximate surface area is 154 Å². The lowest BCUT2D eigenvalue weighted by molar-refractivity contribution is 0.0934. The lowest BCUT2D eigenvalue weighted by atomic mass is 10.2. The molecule has 1 saturated heterocycles. The van der Waals surface area contributed by atoms with Gasteiger partial charge in [0.2, 0.25) is 4.96 Å². The normalized spacial score (nSPS) is 16.8. The van der Waals surface area contributed by atoms with Gasteiger partial charge in [0.1, 0.15) is 5.51 Å². The summed E-state index contributed by atoms with van der Waals surface area (Å²) >= 11 is 1.46. The molecule has 1 amide bonds. The van der Waals surface area contributed by atoms with Crippen LogP contribution in [0, 0.1) is 0 Å². The molecule has 4 rings (SSSR count). The molecule has 138 valence electrons. The number of imidazole rings is 1. The molecule has 26 heavy (non-hydrogen) atoms. The van der Waals surface area contributed by atoms with Gasteiger partial charge in [-0.15, -0.1) is 5.10 Å². The Morgan fingerprint density at radius 2 is 2.19 bits per heavy atom. The Morgan fingerprint density at radius 1 is 1.35 bits per heavy atom. The first-order valence-corrected chi connectivity index (χ1v) is 9.50. The van der Waals surface area contributed by atoms with Gasteiger partial charge in [-0.25, -0.2) is 9.50 Å². The minimum absolute atomic E-state index is 0.234. The van der Waals surface area contributed by atoms with E-state index in [2.05, 4.69) is 35.9 Å². The molecule has 10 nitrogen and oxygen atoms in total. The molecule has 0 aliphatic carbocycles. The van der Waals surface area contributed by atoms with Crippen LogP contribution in [0.15, 0.2) is 17.9 Å². The van der Waals surface area contributed by atoms with Gasteiger partial charge in [0.15, 0.2) is 5.69 Å². The van der Waals surface area contributed by atoms with E-state index in [1.54, 1.807) is 20.9 Å². The van der Waals surface area contributed by atoms with Gasteiger partial charge in [0.25, 0.3) is 5.91 Å². The summed E-state index contributed by atoms with van der Waals surface area (Å²) in [6.07, 6.45) is 3.51. The van der Waals surface area contributed by atoms with Crippen molar-refractivity contribution in [1.82, 2.24) is 45.1 Å². The fourth-order valence-electron chi connectivity index (χ4n) is 2.90. The first kappa shape index (κ1) is 17.1. The molecule has 0 aromatic carbocycles. The number of fused-ring (bicyclic) bond motifs is 1. The molecule has 4 heterocycles. The molecule has 2 N–H and O–H groups in total. The van der Waals surface area contributed by atoms with E-state index in [4.69, 9.17) is 0 Å². The average molecular weight is 375 g/mol. The minimum atomic E-state index is -0.254. The molecule has 1 atom stereocenters. The average Bonchev–Trinajstić information content (AvgIpc) is 3.36. The van der Waals surface area contributed by atoms with Gasteiger partial charge in [-0.2, -0.15) is 5.10 Å². The zero-order chi connectivity index (χ0) is 17.9. The van der Waals surface area contributed by atoms with Gasteiger partial charge in [-0.1, -0.05) is 16.6 Å². The van der Waals surface area contributed by atoms with E-state index in [0.717, 1.165) is 49.9 Å². The Bertz CT molecular complexity index is 850. The van der Waals surface area contributed by atoms with E-state index >= 15 is 0 Å². The number of piperazine rings is 1. The van der Waals surface area contributed by atoms with Crippen LogP contribution in [0.4, 0.5) is 0 Å². The van der Waals surface area contributed by atoms with Crippen molar-refractivity contribution in [3.05, 3.63) is 29.3 Å². The number of aromatic nitrogens is 6. The first-order valence-electron chi connectivity index (χ1n) is 8.62. The van der Waals surface area contributed by atoms with Crippen molar-refractivity contribution in [2.75, 3.05) is 32.7 Å².